The molecule has 0 aliphatic carbocycles. The molecule has 7 nitrogen and oxygen atoms in total. The van der Waals surface area contributed by atoms with Gasteiger partial charge in [0.25, 0.3) is 0 Å². The number of carbonyl (C=O) groups is 1. The Hall–Kier alpha value is -2.77. The fraction of sp³-hybridized carbons (Fsp3) is 0.458. The third kappa shape index (κ3) is 4.34. The Bertz CT molecular complexity index is 963. The smallest absolute Gasteiger partial charge is 0.224 e. The van der Waals surface area contributed by atoms with Gasteiger partial charge >= 0.3 is 0 Å². The molecule has 164 valence electrons. The molecule has 1 saturated heterocycles. The number of nitrogens with zero attached hydrogens (tertiary/aromatic N) is 1. The van der Waals surface area contributed by atoms with Gasteiger partial charge in [-0.1, -0.05) is 6.07 Å². The van der Waals surface area contributed by atoms with Crippen LogP contribution in [0, 0.1) is 0 Å². The molecule has 5 rings (SSSR count). The lowest BCUT2D eigenvalue weighted by atomic mass is 9.96. The predicted octanol–water partition coefficient (Wildman–Crippen LogP) is 3.27. The van der Waals surface area contributed by atoms with E-state index in [4.69, 9.17) is 14.2 Å². The van der Waals surface area contributed by atoms with Crippen molar-refractivity contribution in [2.24, 2.45) is 0 Å². The summed E-state index contributed by atoms with van der Waals surface area (Å²) in [4.78, 5) is 14.0. The Morgan fingerprint density at radius 1 is 1.16 bits per heavy atom. The summed E-state index contributed by atoms with van der Waals surface area (Å²) in [7, 11) is 0. The zero-order valence-corrected chi connectivity index (χ0v) is 17.5. The van der Waals surface area contributed by atoms with Crippen molar-refractivity contribution >= 4 is 11.6 Å². The van der Waals surface area contributed by atoms with E-state index in [1.807, 2.05) is 24.3 Å². The highest BCUT2D eigenvalue weighted by atomic mass is 16.5. The number of phenols is 1. The number of morpholine rings is 1. The predicted molar refractivity (Wildman–Crippen MR) is 116 cm³/mol. The Kier molecular flexibility index (Phi) is 5.70. The summed E-state index contributed by atoms with van der Waals surface area (Å²) in [6, 6.07) is 11.3. The van der Waals surface area contributed by atoms with Crippen molar-refractivity contribution in [1.82, 2.24) is 4.90 Å². The van der Waals surface area contributed by atoms with Crippen molar-refractivity contribution in [2.75, 3.05) is 38.2 Å². The molecule has 2 aromatic rings. The average molecular weight is 424 g/mol. The van der Waals surface area contributed by atoms with E-state index >= 15 is 0 Å². The summed E-state index contributed by atoms with van der Waals surface area (Å²) in [5.41, 5.74) is 2.97. The van der Waals surface area contributed by atoms with Gasteiger partial charge in [-0.2, -0.15) is 0 Å². The van der Waals surface area contributed by atoms with Crippen molar-refractivity contribution in [3.05, 3.63) is 47.5 Å². The van der Waals surface area contributed by atoms with Crippen LogP contribution in [0.4, 0.5) is 5.69 Å². The minimum atomic E-state index is -0.0634. The summed E-state index contributed by atoms with van der Waals surface area (Å²) in [6.45, 7) is 3.74. The van der Waals surface area contributed by atoms with E-state index in [0.717, 1.165) is 55.1 Å². The van der Waals surface area contributed by atoms with Gasteiger partial charge in [0.2, 0.25) is 5.91 Å². The number of benzene rings is 2. The molecule has 7 heteroatoms. The molecule has 2 aromatic carbocycles. The van der Waals surface area contributed by atoms with Crippen molar-refractivity contribution in [2.45, 2.75) is 37.8 Å². The molecule has 1 amide bonds. The number of anilines is 1. The molecule has 2 atom stereocenters. The lowest BCUT2D eigenvalue weighted by Crippen LogP contribution is -2.52. The van der Waals surface area contributed by atoms with Crippen LogP contribution in [0.1, 0.15) is 36.5 Å². The molecule has 31 heavy (non-hydrogen) atoms. The number of rotatable bonds is 6. The van der Waals surface area contributed by atoms with Crippen LogP contribution in [0.2, 0.25) is 0 Å². The fourth-order valence-corrected chi connectivity index (χ4v) is 4.65. The third-order valence-electron chi connectivity index (χ3n) is 6.29. The van der Waals surface area contributed by atoms with E-state index in [1.165, 1.54) is 5.56 Å². The molecule has 0 unspecified atom stereocenters. The highest BCUT2D eigenvalue weighted by Gasteiger charge is 2.38. The van der Waals surface area contributed by atoms with Gasteiger partial charge in [-0.25, -0.2) is 0 Å². The fourth-order valence-electron chi connectivity index (χ4n) is 4.65. The number of ether oxygens (including phenoxy) is 3. The molecule has 3 heterocycles. The van der Waals surface area contributed by atoms with Gasteiger partial charge < -0.3 is 24.6 Å². The van der Waals surface area contributed by atoms with E-state index in [9.17, 15) is 9.90 Å². The highest BCUT2D eigenvalue weighted by Crippen LogP contribution is 2.40. The molecule has 0 bridgehead atoms. The summed E-state index contributed by atoms with van der Waals surface area (Å²) < 4.78 is 17.9. The molecule has 0 saturated carbocycles. The van der Waals surface area contributed by atoms with Gasteiger partial charge in [-0.3, -0.25) is 9.69 Å². The number of nitrogens with one attached hydrogen (secondary N) is 1. The first-order chi connectivity index (χ1) is 15.2. The first-order valence-electron chi connectivity index (χ1n) is 11.0. The normalized spacial score (nSPS) is 22.5. The van der Waals surface area contributed by atoms with E-state index < -0.39 is 0 Å². The van der Waals surface area contributed by atoms with Crippen LogP contribution in [0.5, 0.6) is 17.2 Å². The number of unbranched alkanes of at least 4 members (excludes halogenated alkanes) is 1. The van der Waals surface area contributed by atoms with Gasteiger partial charge in [-0.05, 0) is 55.6 Å². The van der Waals surface area contributed by atoms with Gasteiger partial charge in [0.15, 0.2) is 0 Å². The van der Waals surface area contributed by atoms with Gasteiger partial charge in [0, 0.05) is 30.3 Å². The first kappa shape index (κ1) is 20.2. The van der Waals surface area contributed by atoms with Crippen LogP contribution in [-0.4, -0.2) is 54.9 Å². The Morgan fingerprint density at radius 2 is 2.10 bits per heavy atom. The van der Waals surface area contributed by atoms with Crippen LogP contribution >= 0.6 is 0 Å². The van der Waals surface area contributed by atoms with Crippen molar-refractivity contribution in [3.63, 3.8) is 0 Å². The summed E-state index contributed by atoms with van der Waals surface area (Å²) in [5, 5.41) is 12.8. The molecule has 0 radical (unpaired) electrons. The van der Waals surface area contributed by atoms with E-state index in [-0.39, 0.29) is 23.8 Å². The Balaban J connectivity index is 1.11. The molecule has 0 spiro atoms. The van der Waals surface area contributed by atoms with Crippen LogP contribution in [0.15, 0.2) is 36.4 Å². The summed E-state index contributed by atoms with van der Waals surface area (Å²) in [5.74, 6) is 1.90. The molecule has 3 aliphatic rings. The zero-order valence-electron chi connectivity index (χ0n) is 17.5. The number of hydrogen-bond acceptors (Lipinski definition) is 6. The molecule has 0 aromatic heterocycles. The monoisotopic (exact) mass is 424 g/mol. The molecule has 1 fully saturated rings. The largest absolute Gasteiger partial charge is 0.508 e. The average Bonchev–Trinajstić information content (AvgIpc) is 2.78. The van der Waals surface area contributed by atoms with Crippen LogP contribution in [-0.2, 0) is 16.0 Å². The number of hydrogen-bond donors (Lipinski definition) is 2. The third-order valence-corrected chi connectivity index (χ3v) is 6.29. The number of aryl methyl sites for hydroxylation is 1. The topological polar surface area (TPSA) is 80.3 Å². The second-order valence-corrected chi connectivity index (χ2v) is 8.35. The second kappa shape index (κ2) is 8.77. The molecular weight excluding hydrogens is 396 g/mol. The standard InChI is InChI=1S/C24H28N2O5/c27-17-5-7-22-19(13-17)24-21(15-31-22)26(10-12-30-24)9-1-2-11-29-18-6-3-16-4-8-23(28)25-20(16)14-18/h3,5-7,13-14,21,24,27H,1-2,4,8-12,15H2,(H,25,28)/t21-,24-/m1/s1. The maximum atomic E-state index is 11.6. The number of phenolic OH excluding ortho intramolecular Hbond substituents is 1. The first-order valence-corrected chi connectivity index (χ1v) is 11.0. The van der Waals surface area contributed by atoms with Gasteiger partial charge in [0.05, 0.1) is 19.3 Å². The second-order valence-electron chi connectivity index (χ2n) is 8.35. The number of aromatic hydroxyl groups is 1. The van der Waals surface area contributed by atoms with Crippen LogP contribution < -0.4 is 14.8 Å². The Morgan fingerprint density at radius 3 is 3.03 bits per heavy atom. The highest BCUT2D eigenvalue weighted by molar-refractivity contribution is 5.94. The van der Waals surface area contributed by atoms with E-state index in [0.29, 0.717) is 26.2 Å². The van der Waals surface area contributed by atoms with Crippen molar-refractivity contribution < 1.29 is 24.1 Å². The summed E-state index contributed by atoms with van der Waals surface area (Å²) >= 11 is 0. The van der Waals surface area contributed by atoms with Crippen molar-refractivity contribution in [3.8, 4) is 17.2 Å². The number of carbonyl (C=O) groups excluding carboxylic acids is 1. The van der Waals surface area contributed by atoms with Crippen LogP contribution in [0.3, 0.4) is 0 Å². The number of fused-ring (bicyclic) bond motifs is 4. The molecule has 2 N–H and O–H groups in total. The minimum absolute atomic E-state index is 0.0634. The van der Waals surface area contributed by atoms with E-state index in [2.05, 4.69) is 10.2 Å². The number of amides is 1. The maximum absolute atomic E-state index is 11.6. The molecular formula is C24H28N2O5. The van der Waals surface area contributed by atoms with Gasteiger partial charge in [-0.15, -0.1) is 0 Å². The maximum Gasteiger partial charge on any atom is 0.224 e. The Labute approximate surface area is 181 Å². The lowest BCUT2D eigenvalue weighted by Gasteiger charge is -2.44. The lowest BCUT2D eigenvalue weighted by molar-refractivity contribution is -0.116. The SMILES string of the molecule is O=C1CCc2ccc(OCCCCN3CCO[C@@H]4c5cc(O)ccc5OC[C@H]43)cc2N1. The molecule has 3 aliphatic heterocycles. The van der Waals surface area contributed by atoms with Gasteiger partial charge in [0.1, 0.15) is 30.0 Å². The minimum Gasteiger partial charge on any atom is -0.508 e. The summed E-state index contributed by atoms with van der Waals surface area (Å²) in [6.07, 6.45) is 3.23. The van der Waals surface area contributed by atoms with Crippen LogP contribution in [0.25, 0.3) is 0 Å². The zero-order chi connectivity index (χ0) is 21.2. The quantitative estimate of drug-likeness (QED) is 0.693. The van der Waals surface area contributed by atoms with Crippen molar-refractivity contribution in [1.29, 1.82) is 0 Å². The van der Waals surface area contributed by atoms with E-state index in [1.54, 1.807) is 12.1 Å².